The molecule has 1 amide bonds. The molecule has 0 saturated carbocycles. The summed E-state index contributed by atoms with van der Waals surface area (Å²) in [7, 11) is 0. The fraction of sp³-hybridized carbons (Fsp3) is 0.167. The molecule has 1 heterocycles. The summed E-state index contributed by atoms with van der Waals surface area (Å²) in [5.41, 5.74) is 9.36. The summed E-state index contributed by atoms with van der Waals surface area (Å²) in [6.07, 6.45) is -1.32. The zero-order valence-electron chi connectivity index (χ0n) is 22.0. The molecule has 1 aliphatic rings. The first kappa shape index (κ1) is 34.2. The normalized spacial score (nSPS) is 16.1. The van der Waals surface area contributed by atoms with Crippen LogP contribution in [0.25, 0.3) is 12.2 Å². The van der Waals surface area contributed by atoms with Crippen LogP contribution in [0.15, 0.2) is 77.9 Å². The first-order chi connectivity index (χ1) is 20.1. The maximum absolute atomic E-state index is 13.5. The predicted octanol–water partition coefficient (Wildman–Crippen LogP) is 7.38. The van der Waals surface area contributed by atoms with E-state index in [-0.39, 0.29) is 24.8 Å². The SMILES string of the molecule is N[C@@H](Cc1ccccc1)C(=O)N1C/C(=C\c2ccc(Cl)c(Cl)c2)C(=O)/C(=C/c2cc(Cl)ccc2Cl)C1.O=C(O)C(F)(F)F. The molecule has 1 saturated heterocycles. The van der Waals surface area contributed by atoms with Crippen LogP contribution in [0.4, 0.5) is 13.2 Å². The van der Waals surface area contributed by atoms with Gasteiger partial charge in [-0.1, -0.05) is 82.8 Å². The van der Waals surface area contributed by atoms with Crippen molar-refractivity contribution in [2.45, 2.75) is 18.6 Å². The number of amides is 1. The number of Topliss-reactive ketones (excluding diaryl/α,β-unsaturated/α-hetero) is 1. The Bertz CT molecular complexity index is 1580. The lowest BCUT2D eigenvalue weighted by Crippen LogP contribution is -2.49. The van der Waals surface area contributed by atoms with E-state index in [0.29, 0.717) is 48.8 Å². The van der Waals surface area contributed by atoms with Crippen LogP contribution in [0.2, 0.25) is 20.1 Å². The number of nitrogens with zero attached hydrogens (tertiary/aromatic N) is 1. The molecular formula is C30H23Cl4F3N2O4. The molecule has 43 heavy (non-hydrogen) atoms. The summed E-state index contributed by atoms with van der Waals surface area (Å²) in [6, 6.07) is 18.9. The van der Waals surface area contributed by atoms with E-state index >= 15 is 0 Å². The van der Waals surface area contributed by atoms with Crippen LogP contribution in [-0.2, 0) is 20.8 Å². The van der Waals surface area contributed by atoms with Crippen molar-refractivity contribution in [3.05, 3.63) is 115 Å². The van der Waals surface area contributed by atoms with E-state index in [2.05, 4.69) is 0 Å². The number of carbonyl (C=O) groups is 3. The Morgan fingerprint density at radius 2 is 1.47 bits per heavy atom. The molecule has 6 nitrogen and oxygen atoms in total. The number of carboxylic acid groups (broad SMARTS) is 1. The van der Waals surface area contributed by atoms with E-state index in [1.165, 1.54) is 0 Å². The number of alkyl halides is 3. The summed E-state index contributed by atoms with van der Waals surface area (Å²) in [5.74, 6) is -3.21. The van der Waals surface area contributed by atoms with Gasteiger partial charge in [0.2, 0.25) is 5.91 Å². The van der Waals surface area contributed by atoms with Crippen LogP contribution >= 0.6 is 46.4 Å². The zero-order chi connectivity index (χ0) is 31.9. The van der Waals surface area contributed by atoms with E-state index in [1.54, 1.807) is 53.5 Å². The minimum absolute atomic E-state index is 0.0989. The minimum atomic E-state index is -5.08. The predicted molar refractivity (Wildman–Crippen MR) is 162 cm³/mol. The van der Waals surface area contributed by atoms with E-state index in [1.807, 2.05) is 30.3 Å². The van der Waals surface area contributed by atoms with Gasteiger partial charge in [0.25, 0.3) is 0 Å². The zero-order valence-corrected chi connectivity index (χ0v) is 25.1. The Morgan fingerprint density at radius 3 is 2.05 bits per heavy atom. The van der Waals surface area contributed by atoms with Crippen molar-refractivity contribution in [2.75, 3.05) is 13.1 Å². The highest BCUT2D eigenvalue weighted by Crippen LogP contribution is 2.29. The molecule has 226 valence electrons. The second-order valence-corrected chi connectivity index (χ2v) is 11.0. The highest BCUT2D eigenvalue weighted by atomic mass is 35.5. The Morgan fingerprint density at radius 1 is 0.884 bits per heavy atom. The van der Waals surface area contributed by atoms with Crippen molar-refractivity contribution in [1.29, 1.82) is 0 Å². The fourth-order valence-electron chi connectivity index (χ4n) is 4.00. The van der Waals surface area contributed by atoms with Gasteiger partial charge < -0.3 is 15.7 Å². The van der Waals surface area contributed by atoms with Gasteiger partial charge in [-0.15, -0.1) is 0 Å². The van der Waals surface area contributed by atoms with Gasteiger partial charge in [-0.3, -0.25) is 9.59 Å². The van der Waals surface area contributed by atoms with Crippen molar-refractivity contribution in [3.63, 3.8) is 0 Å². The summed E-state index contributed by atoms with van der Waals surface area (Å²) < 4.78 is 31.7. The third kappa shape index (κ3) is 9.84. The van der Waals surface area contributed by atoms with Crippen molar-refractivity contribution in [1.82, 2.24) is 4.90 Å². The molecule has 0 aliphatic carbocycles. The van der Waals surface area contributed by atoms with Gasteiger partial charge in [0, 0.05) is 34.3 Å². The number of hydrogen-bond donors (Lipinski definition) is 2. The Kier molecular flexibility index (Phi) is 11.8. The van der Waals surface area contributed by atoms with Crippen LogP contribution < -0.4 is 5.73 Å². The first-order valence-corrected chi connectivity index (χ1v) is 13.9. The highest BCUT2D eigenvalue weighted by Gasteiger charge is 2.38. The van der Waals surface area contributed by atoms with Crippen molar-refractivity contribution in [2.24, 2.45) is 5.73 Å². The van der Waals surface area contributed by atoms with Gasteiger partial charge >= 0.3 is 12.1 Å². The minimum Gasteiger partial charge on any atom is -0.475 e. The second-order valence-electron chi connectivity index (χ2n) is 9.30. The highest BCUT2D eigenvalue weighted by molar-refractivity contribution is 6.42. The number of carboxylic acids is 1. The topological polar surface area (TPSA) is 101 Å². The van der Waals surface area contributed by atoms with Gasteiger partial charge in [-0.25, -0.2) is 4.79 Å². The summed E-state index contributed by atoms with van der Waals surface area (Å²) in [6.45, 7) is 0.211. The number of nitrogens with two attached hydrogens (primary N) is 1. The number of benzene rings is 3. The number of carbonyl (C=O) groups excluding carboxylic acids is 2. The monoisotopic (exact) mass is 672 g/mol. The number of aliphatic carboxylic acids is 1. The number of likely N-dealkylation sites (tertiary alicyclic amines) is 1. The molecule has 0 aromatic heterocycles. The number of piperidine rings is 1. The molecule has 1 aliphatic heterocycles. The molecule has 3 N–H and O–H groups in total. The number of ketones is 1. The van der Waals surface area contributed by atoms with Crippen LogP contribution in [-0.4, -0.2) is 53.0 Å². The van der Waals surface area contributed by atoms with Gasteiger partial charge in [0.15, 0.2) is 5.78 Å². The lowest BCUT2D eigenvalue weighted by atomic mass is 9.93. The molecule has 0 radical (unpaired) electrons. The second kappa shape index (κ2) is 14.9. The quantitative estimate of drug-likeness (QED) is 0.275. The third-order valence-corrected chi connectivity index (χ3v) is 7.37. The van der Waals surface area contributed by atoms with Crippen LogP contribution in [0.1, 0.15) is 16.7 Å². The summed E-state index contributed by atoms with van der Waals surface area (Å²) in [5, 5.41) is 8.83. The fourth-order valence-corrected chi connectivity index (χ4v) is 4.66. The van der Waals surface area contributed by atoms with E-state index < -0.39 is 18.2 Å². The van der Waals surface area contributed by atoms with Crippen molar-refractivity contribution < 1.29 is 32.7 Å². The molecule has 0 unspecified atom stereocenters. The average molecular weight is 674 g/mol. The van der Waals surface area contributed by atoms with E-state index in [9.17, 15) is 22.8 Å². The largest absolute Gasteiger partial charge is 0.490 e. The van der Waals surface area contributed by atoms with Gasteiger partial charge in [-0.2, -0.15) is 13.2 Å². The summed E-state index contributed by atoms with van der Waals surface area (Å²) in [4.78, 5) is 37.3. The molecule has 1 atom stereocenters. The van der Waals surface area contributed by atoms with Crippen LogP contribution in [0, 0.1) is 0 Å². The number of hydrogen-bond acceptors (Lipinski definition) is 4. The first-order valence-electron chi connectivity index (χ1n) is 12.4. The average Bonchev–Trinajstić information content (AvgIpc) is 2.94. The molecular weight excluding hydrogens is 651 g/mol. The van der Waals surface area contributed by atoms with Gasteiger partial charge in [0.1, 0.15) is 0 Å². The molecule has 4 rings (SSSR count). The smallest absolute Gasteiger partial charge is 0.475 e. The Balaban J connectivity index is 0.000000646. The van der Waals surface area contributed by atoms with Crippen LogP contribution in [0.3, 0.4) is 0 Å². The molecule has 0 bridgehead atoms. The van der Waals surface area contributed by atoms with Gasteiger partial charge in [0.05, 0.1) is 16.1 Å². The van der Waals surface area contributed by atoms with Crippen LogP contribution in [0.5, 0.6) is 0 Å². The molecule has 0 spiro atoms. The Labute approximate surface area is 265 Å². The number of halogens is 7. The molecule has 3 aromatic rings. The van der Waals surface area contributed by atoms with E-state index in [4.69, 9.17) is 62.0 Å². The van der Waals surface area contributed by atoms with Crippen molar-refractivity contribution >= 4 is 76.2 Å². The molecule has 1 fully saturated rings. The van der Waals surface area contributed by atoms with Gasteiger partial charge in [-0.05, 0) is 65.6 Å². The maximum atomic E-state index is 13.5. The summed E-state index contributed by atoms with van der Waals surface area (Å²) >= 11 is 24.7. The lowest BCUT2D eigenvalue weighted by molar-refractivity contribution is -0.192. The number of rotatable bonds is 5. The lowest BCUT2D eigenvalue weighted by Gasteiger charge is -2.32. The maximum Gasteiger partial charge on any atom is 0.490 e. The third-order valence-electron chi connectivity index (χ3n) is 6.05. The molecule has 13 heteroatoms. The standard InChI is InChI=1S/C28H22Cl4N2O2.C2HF3O2/c29-22-7-9-23(30)19(14-22)13-21-16-34(28(36)26(33)12-17-4-2-1-3-5-17)15-20(27(21)35)10-18-6-8-24(31)25(32)11-18;3-2(4,5)1(6)7/h1-11,13-14,26H,12,15-16,33H2;(H,6,7)/b20-10+,21-13+;/t26-;/m0./s1. The van der Waals surface area contributed by atoms with E-state index in [0.717, 1.165) is 5.56 Å². The molecule has 3 aromatic carbocycles. The van der Waals surface area contributed by atoms with Crippen molar-refractivity contribution in [3.8, 4) is 0 Å². The Hall–Kier alpha value is -3.34.